The highest BCUT2D eigenvalue weighted by Gasteiger charge is 2.26. The standard InChI is InChI=1S/C21H23N3O4/c25-20(16-6-2-1-3-7-16)23-10-12-24(13-11-23)21(26)22-14-17-15-27-18-8-4-5-9-19(18)28-17/h1-9,17H,10-15H2,(H,22,26). The second kappa shape index (κ2) is 8.21. The Kier molecular flexibility index (Phi) is 5.32. The fourth-order valence-corrected chi connectivity index (χ4v) is 3.35. The molecule has 2 aliphatic rings. The molecule has 146 valence electrons. The highest BCUT2D eigenvalue weighted by atomic mass is 16.6. The van der Waals surface area contributed by atoms with Crippen LogP contribution >= 0.6 is 0 Å². The zero-order valence-corrected chi connectivity index (χ0v) is 15.5. The number of ether oxygens (including phenoxy) is 2. The number of para-hydroxylation sites is 2. The highest BCUT2D eigenvalue weighted by Crippen LogP contribution is 2.30. The predicted octanol–water partition coefficient (Wildman–Crippen LogP) is 1.99. The van der Waals surface area contributed by atoms with Crippen LogP contribution in [-0.4, -0.2) is 67.2 Å². The minimum Gasteiger partial charge on any atom is -0.486 e. The summed E-state index contributed by atoms with van der Waals surface area (Å²) < 4.78 is 11.5. The lowest BCUT2D eigenvalue weighted by Crippen LogP contribution is -2.54. The largest absolute Gasteiger partial charge is 0.486 e. The summed E-state index contributed by atoms with van der Waals surface area (Å²) in [5, 5.41) is 2.91. The fraction of sp³-hybridized carbons (Fsp3) is 0.333. The van der Waals surface area contributed by atoms with Crippen LogP contribution < -0.4 is 14.8 Å². The molecule has 3 amide bonds. The number of piperazine rings is 1. The SMILES string of the molecule is O=C(NCC1COc2ccccc2O1)N1CCN(C(=O)c2ccccc2)CC1. The number of urea groups is 1. The minimum absolute atomic E-state index is 0.00655. The zero-order chi connectivity index (χ0) is 19.3. The van der Waals surface area contributed by atoms with Gasteiger partial charge in [-0.3, -0.25) is 4.79 Å². The summed E-state index contributed by atoms with van der Waals surface area (Å²) in [7, 11) is 0. The molecule has 0 aliphatic carbocycles. The Labute approximate surface area is 163 Å². The van der Waals surface area contributed by atoms with Gasteiger partial charge >= 0.3 is 6.03 Å². The molecule has 0 bridgehead atoms. The van der Waals surface area contributed by atoms with Gasteiger partial charge in [0.1, 0.15) is 6.61 Å². The van der Waals surface area contributed by atoms with E-state index in [1.165, 1.54) is 0 Å². The van der Waals surface area contributed by atoms with Crippen LogP contribution in [0.5, 0.6) is 11.5 Å². The quantitative estimate of drug-likeness (QED) is 0.883. The molecule has 2 heterocycles. The molecule has 0 saturated carbocycles. The van der Waals surface area contributed by atoms with Crippen molar-refractivity contribution in [3.8, 4) is 11.5 Å². The molecule has 1 saturated heterocycles. The number of carbonyl (C=O) groups excluding carboxylic acids is 2. The van der Waals surface area contributed by atoms with Crippen LogP contribution in [0.4, 0.5) is 4.79 Å². The van der Waals surface area contributed by atoms with Gasteiger partial charge in [-0.15, -0.1) is 0 Å². The van der Waals surface area contributed by atoms with Gasteiger partial charge in [0, 0.05) is 31.7 Å². The molecule has 1 N–H and O–H groups in total. The average Bonchev–Trinajstić information content (AvgIpc) is 2.77. The Morgan fingerprint density at radius 2 is 1.54 bits per heavy atom. The van der Waals surface area contributed by atoms with Gasteiger partial charge in [-0.05, 0) is 24.3 Å². The summed E-state index contributed by atoms with van der Waals surface area (Å²) in [5.74, 6) is 1.43. The van der Waals surface area contributed by atoms with Crippen LogP contribution in [-0.2, 0) is 0 Å². The topological polar surface area (TPSA) is 71.1 Å². The Balaban J connectivity index is 1.23. The Morgan fingerprint density at radius 1 is 0.893 bits per heavy atom. The van der Waals surface area contributed by atoms with Crippen LogP contribution in [0.1, 0.15) is 10.4 Å². The zero-order valence-electron chi connectivity index (χ0n) is 15.5. The van der Waals surface area contributed by atoms with E-state index in [2.05, 4.69) is 5.32 Å². The molecule has 28 heavy (non-hydrogen) atoms. The normalized spacial score (nSPS) is 18.5. The number of nitrogens with zero attached hydrogens (tertiary/aromatic N) is 2. The Bertz CT molecular complexity index is 835. The lowest BCUT2D eigenvalue weighted by molar-refractivity contribution is 0.0655. The number of nitrogens with one attached hydrogen (secondary N) is 1. The van der Waals surface area contributed by atoms with Crippen molar-refractivity contribution in [2.45, 2.75) is 6.10 Å². The molecule has 1 fully saturated rings. The molecule has 1 unspecified atom stereocenters. The Morgan fingerprint density at radius 3 is 2.29 bits per heavy atom. The smallest absolute Gasteiger partial charge is 0.317 e. The van der Waals surface area contributed by atoms with Crippen molar-refractivity contribution >= 4 is 11.9 Å². The first-order chi connectivity index (χ1) is 13.7. The molecule has 4 rings (SSSR count). The van der Waals surface area contributed by atoms with Gasteiger partial charge in [-0.25, -0.2) is 4.79 Å². The summed E-state index contributed by atoms with van der Waals surface area (Å²) in [6, 6.07) is 16.6. The predicted molar refractivity (Wildman–Crippen MR) is 104 cm³/mol. The van der Waals surface area contributed by atoms with Gasteiger partial charge in [0.15, 0.2) is 17.6 Å². The summed E-state index contributed by atoms with van der Waals surface area (Å²) in [5.41, 5.74) is 0.676. The second-order valence-electron chi connectivity index (χ2n) is 6.83. The van der Waals surface area contributed by atoms with Crippen molar-refractivity contribution < 1.29 is 19.1 Å². The van der Waals surface area contributed by atoms with Crippen LogP contribution in [0, 0.1) is 0 Å². The minimum atomic E-state index is -0.222. The number of benzene rings is 2. The lowest BCUT2D eigenvalue weighted by Gasteiger charge is -2.35. The van der Waals surface area contributed by atoms with E-state index in [0.717, 1.165) is 5.75 Å². The summed E-state index contributed by atoms with van der Waals surface area (Å²) in [4.78, 5) is 28.4. The van der Waals surface area contributed by atoms with Gasteiger partial charge in [0.2, 0.25) is 0 Å². The van der Waals surface area contributed by atoms with E-state index in [9.17, 15) is 9.59 Å². The first-order valence-corrected chi connectivity index (χ1v) is 9.46. The van der Waals surface area contributed by atoms with Crippen LogP contribution in [0.25, 0.3) is 0 Å². The van der Waals surface area contributed by atoms with Crippen molar-refractivity contribution in [2.75, 3.05) is 39.3 Å². The molecule has 1 atom stereocenters. The number of amides is 3. The summed E-state index contributed by atoms with van der Waals surface area (Å²) in [6.45, 7) is 2.84. The Hall–Kier alpha value is -3.22. The third kappa shape index (κ3) is 4.03. The molecule has 7 heteroatoms. The number of fused-ring (bicyclic) bond motifs is 1. The van der Waals surface area contributed by atoms with Gasteiger partial charge < -0.3 is 24.6 Å². The molecular weight excluding hydrogens is 358 g/mol. The first kappa shape index (κ1) is 18.2. The maximum Gasteiger partial charge on any atom is 0.317 e. The third-order valence-electron chi connectivity index (χ3n) is 4.92. The van der Waals surface area contributed by atoms with Gasteiger partial charge in [0.05, 0.1) is 6.54 Å². The molecule has 0 aromatic heterocycles. The van der Waals surface area contributed by atoms with Crippen molar-refractivity contribution in [2.24, 2.45) is 0 Å². The molecule has 0 radical (unpaired) electrons. The molecule has 2 aliphatic heterocycles. The monoisotopic (exact) mass is 381 g/mol. The average molecular weight is 381 g/mol. The third-order valence-corrected chi connectivity index (χ3v) is 4.92. The first-order valence-electron chi connectivity index (χ1n) is 9.46. The van der Waals surface area contributed by atoms with E-state index in [1.54, 1.807) is 9.80 Å². The summed E-state index contributed by atoms with van der Waals surface area (Å²) >= 11 is 0. The molecule has 7 nitrogen and oxygen atoms in total. The van der Waals surface area contributed by atoms with E-state index >= 15 is 0 Å². The number of hydrogen-bond donors (Lipinski definition) is 1. The van der Waals surface area contributed by atoms with Crippen molar-refractivity contribution in [3.63, 3.8) is 0 Å². The molecular formula is C21H23N3O4. The van der Waals surface area contributed by atoms with Crippen molar-refractivity contribution in [1.29, 1.82) is 0 Å². The van der Waals surface area contributed by atoms with Crippen LogP contribution in [0.2, 0.25) is 0 Å². The van der Waals surface area contributed by atoms with Crippen molar-refractivity contribution in [1.82, 2.24) is 15.1 Å². The van der Waals surface area contributed by atoms with Crippen LogP contribution in [0.3, 0.4) is 0 Å². The van der Waals surface area contributed by atoms with E-state index in [4.69, 9.17) is 9.47 Å². The van der Waals surface area contributed by atoms with E-state index in [1.807, 2.05) is 54.6 Å². The maximum atomic E-state index is 12.5. The van der Waals surface area contributed by atoms with Gasteiger partial charge in [0.25, 0.3) is 5.91 Å². The van der Waals surface area contributed by atoms with Crippen LogP contribution in [0.15, 0.2) is 54.6 Å². The summed E-state index contributed by atoms with van der Waals surface area (Å²) in [6.07, 6.45) is -0.222. The molecule has 2 aromatic rings. The van der Waals surface area contributed by atoms with Crippen molar-refractivity contribution in [3.05, 3.63) is 60.2 Å². The molecule has 2 aromatic carbocycles. The van der Waals surface area contributed by atoms with E-state index < -0.39 is 0 Å². The number of carbonyl (C=O) groups is 2. The molecule has 0 spiro atoms. The second-order valence-corrected chi connectivity index (χ2v) is 6.83. The fourth-order valence-electron chi connectivity index (χ4n) is 3.35. The highest BCUT2D eigenvalue weighted by molar-refractivity contribution is 5.94. The van der Waals surface area contributed by atoms with E-state index in [0.29, 0.717) is 50.6 Å². The maximum absolute atomic E-state index is 12.5. The van der Waals surface area contributed by atoms with Gasteiger partial charge in [-0.2, -0.15) is 0 Å². The lowest BCUT2D eigenvalue weighted by atomic mass is 10.2. The number of hydrogen-bond acceptors (Lipinski definition) is 4. The van der Waals surface area contributed by atoms with Gasteiger partial charge in [-0.1, -0.05) is 30.3 Å². The van der Waals surface area contributed by atoms with E-state index in [-0.39, 0.29) is 18.0 Å². The number of rotatable bonds is 3.